The second-order valence-corrected chi connectivity index (χ2v) is 6.93. The minimum absolute atomic E-state index is 0.0541. The van der Waals surface area contributed by atoms with E-state index < -0.39 is 16.7 Å². The largest absolute Gasteiger partial charge is 0.483 e. The average Bonchev–Trinajstić information content (AvgIpc) is 2.71. The first-order valence-electron chi connectivity index (χ1n) is 8.36. The normalized spacial score (nSPS) is 10.0. The molecule has 2 amide bonds. The molecule has 0 aliphatic rings. The van der Waals surface area contributed by atoms with Crippen molar-refractivity contribution in [3.8, 4) is 5.75 Å². The fraction of sp³-hybridized carbons (Fsp3) is 0.167. The van der Waals surface area contributed by atoms with Gasteiger partial charge < -0.3 is 4.74 Å². The highest BCUT2D eigenvalue weighted by Crippen LogP contribution is 2.26. The number of nitrogens with one attached hydrogen (secondary N) is 3. The number of thiocarbonyl (C=S) groups is 1. The first kappa shape index (κ1) is 22.2. The topological polar surface area (TPSA) is 123 Å². The molecule has 0 radical (unpaired) electrons. The van der Waals surface area contributed by atoms with Gasteiger partial charge in [-0.2, -0.15) is 0 Å². The van der Waals surface area contributed by atoms with E-state index in [-0.39, 0.29) is 23.0 Å². The van der Waals surface area contributed by atoms with E-state index in [1.54, 1.807) is 6.07 Å². The second kappa shape index (κ2) is 10.5. The zero-order valence-electron chi connectivity index (χ0n) is 15.2. The molecular weight excluding hydrogens is 464 g/mol. The number of ether oxygens (including phenoxy) is 1. The summed E-state index contributed by atoms with van der Waals surface area (Å²) in [5, 5.41) is 12.9. The Morgan fingerprint density at radius 3 is 2.62 bits per heavy atom. The van der Waals surface area contributed by atoms with Crippen LogP contribution in [0.5, 0.6) is 5.75 Å². The van der Waals surface area contributed by atoms with Crippen LogP contribution in [0, 0.1) is 10.1 Å². The van der Waals surface area contributed by atoms with Gasteiger partial charge in [0.1, 0.15) is 5.75 Å². The Labute approximate surface area is 180 Å². The molecular formula is C18H17BrN4O5S. The zero-order chi connectivity index (χ0) is 21.4. The number of hydrazine groups is 1. The van der Waals surface area contributed by atoms with Gasteiger partial charge in [0.25, 0.3) is 17.5 Å². The van der Waals surface area contributed by atoms with Crippen LogP contribution in [0.4, 0.5) is 5.69 Å². The van der Waals surface area contributed by atoms with E-state index in [0.717, 1.165) is 22.5 Å². The molecule has 3 N–H and O–H groups in total. The van der Waals surface area contributed by atoms with Crippen LogP contribution in [0.1, 0.15) is 22.8 Å². The van der Waals surface area contributed by atoms with E-state index in [1.165, 1.54) is 18.2 Å². The number of nitrogens with zero attached hydrogens (tertiary/aromatic N) is 1. The summed E-state index contributed by atoms with van der Waals surface area (Å²) in [5.74, 6) is -0.668. The molecule has 11 heteroatoms. The summed E-state index contributed by atoms with van der Waals surface area (Å²) in [6, 6.07) is 10.7. The molecule has 0 aliphatic carbocycles. The Morgan fingerprint density at radius 1 is 1.21 bits per heavy atom. The van der Waals surface area contributed by atoms with Gasteiger partial charge >= 0.3 is 0 Å². The highest BCUT2D eigenvalue weighted by Gasteiger charge is 2.13. The lowest BCUT2D eigenvalue weighted by molar-refractivity contribution is -0.384. The molecule has 0 saturated carbocycles. The van der Waals surface area contributed by atoms with Crippen molar-refractivity contribution in [2.24, 2.45) is 0 Å². The molecule has 9 nitrogen and oxygen atoms in total. The van der Waals surface area contributed by atoms with Crippen LogP contribution < -0.4 is 20.9 Å². The van der Waals surface area contributed by atoms with Gasteiger partial charge in [0.2, 0.25) is 0 Å². The number of carbonyl (C=O) groups excluding carboxylic acids is 2. The molecule has 2 aromatic rings. The molecule has 0 aliphatic heterocycles. The quantitative estimate of drug-likeness (QED) is 0.329. The summed E-state index contributed by atoms with van der Waals surface area (Å²) >= 11 is 8.30. The SMILES string of the molecule is CCc1ccc(OCC(=O)NNC(=S)NC(=O)c2cccc([N+](=O)[O-])c2)c(Br)c1. The lowest BCUT2D eigenvalue weighted by Crippen LogP contribution is -2.49. The van der Waals surface area contributed by atoms with Crippen LogP contribution in [-0.4, -0.2) is 28.5 Å². The summed E-state index contributed by atoms with van der Waals surface area (Å²) in [7, 11) is 0. The van der Waals surface area contributed by atoms with Crippen molar-refractivity contribution in [2.75, 3.05) is 6.61 Å². The molecule has 0 fully saturated rings. The van der Waals surface area contributed by atoms with Gasteiger partial charge in [-0.1, -0.05) is 19.1 Å². The number of rotatable bonds is 6. The maximum atomic E-state index is 12.1. The minimum atomic E-state index is -0.656. The number of hydrogen-bond donors (Lipinski definition) is 3. The van der Waals surface area contributed by atoms with E-state index >= 15 is 0 Å². The van der Waals surface area contributed by atoms with Crippen LogP contribution in [0.3, 0.4) is 0 Å². The standard InChI is InChI=1S/C18H17BrN4O5S/c1-2-11-6-7-15(14(19)8-11)28-10-16(24)21-22-18(29)20-17(25)12-4-3-5-13(9-12)23(26)27/h3-9H,2,10H2,1H3,(H,21,24)(H2,20,22,25,29). The summed E-state index contributed by atoms with van der Waals surface area (Å²) in [6.07, 6.45) is 0.878. The molecule has 0 spiro atoms. The first-order chi connectivity index (χ1) is 13.8. The molecule has 29 heavy (non-hydrogen) atoms. The van der Waals surface area contributed by atoms with E-state index in [9.17, 15) is 19.7 Å². The van der Waals surface area contributed by atoms with Crippen molar-refractivity contribution in [1.29, 1.82) is 0 Å². The molecule has 0 unspecified atom stereocenters. The lowest BCUT2D eigenvalue weighted by Gasteiger charge is -2.12. The van der Waals surface area contributed by atoms with Crippen molar-refractivity contribution < 1.29 is 19.2 Å². The third kappa shape index (κ3) is 6.80. The van der Waals surface area contributed by atoms with Gasteiger partial charge in [0.05, 0.1) is 9.40 Å². The maximum Gasteiger partial charge on any atom is 0.276 e. The Balaban J connectivity index is 1.79. The van der Waals surface area contributed by atoms with Gasteiger partial charge in [-0.25, -0.2) is 0 Å². The number of hydrogen-bond acceptors (Lipinski definition) is 6. The predicted octanol–water partition coefficient (Wildman–Crippen LogP) is 2.63. The first-order valence-corrected chi connectivity index (χ1v) is 9.56. The molecule has 0 bridgehead atoms. The molecule has 0 heterocycles. The number of halogens is 1. The van der Waals surface area contributed by atoms with Crippen molar-refractivity contribution in [1.82, 2.24) is 16.2 Å². The Hall–Kier alpha value is -3.05. The summed E-state index contributed by atoms with van der Waals surface area (Å²) < 4.78 is 6.16. The second-order valence-electron chi connectivity index (χ2n) is 5.67. The van der Waals surface area contributed by atoms with Gasteiger partial charge in [-0.3, -0.25) is 35.9 Å². The Morgan fingerprint density at radius 2 is 1.97 bits per heavy atom. The fourth-order valence-electron chi connectivity index (χ4n) is 2.15. The molecule has 0 saturated heterocycles. The smallest absolute Gasteiger partial charge is 0.276 e. The lowest BCUT2D eigenvalue weighted by atomic mass is 10.2. The van der Waals surface area contributed by atoms with Crippen molar-refractivity contribution in [2.45, 2.75) is 13.3 Å². The Bertz CT molecular complexity index is 954. The van der Waals surface area contributed by atoms with Gasteiger partial charge in [0, 0.05) is 17.7 Å². The van der Waals surface area contributed by atoms with Gasteiger partial charge in [-0.05, 0) is 58.3 Å². The number of aryl methyl sites for hydroxylation is 1. The van der Waals surface area contributed by atoms with Crippen molar-refractivity contribution in [3.05, 3.63) is 68.2 Å². The highest BCUT2D eigenvalue weighted by molar-refractivity contribution is 9.10. The van der Waals surface area contributed by atoms with Crippen molar-refractivity contribution in [3.63, 3.8) is 0 Å². The van der Waals surface area contributed by atoms with Gasteiger partial charge in [-0.15, -0.1) is 0 Å². The highest BCUT2D eigenvalue weighted by atomic mass is 79.9. The summed E-state index contributed by atoms with van der Waals surface area (Å²) in [4.78, 5) is 34.1. The van der Waals surface area contributed by atoms with Crippen molar-refractivity contribution >= 4 is 50.8 Å². The predicted molar refractivity (Wildman–Crippen MR) is 113 cm³/mol. The minimum Gasteiger partial charge on any atom is -0.483 e. The maximum absolute atomic E-state index is 12.1. The number of amides is 2. The number of nitro benzene ring substituents is 1. The van der Waals surface area contributed by atoms with E-state index in [2.05, 4.69) is 32.1 Å². The molecule has 152 valence electrons. The van der Waals surface area contributed by atoms with Crippen LogP contribution in [0.2, 0.25) is 0 Å². The Kier molecular flexibility index (Phi) is 8.04. The van der Waals surface area contributed by atoms with E-state index in [1.807, 2.05) is 19.1 Å². The van der Waals surface area contributed by atoms with Crippen LogP contribution in [0.15, 0.2) is 46.9 Å². The fourth-order valence-corrected chi connectivity index (χ4v) is 2.84. The van der Waals surface area contributed by atoms with E-state index in [0.29, 0.717) is 5.75 Å². The molecule has 2 rings (SSSR count). The molecule has 0 atom stereocenters. The van der Waals surface area contributed by atoms with Crippen LogP contribution >= 0.6 is 28.1 Å². The number of nitro groups is 1. The zero-order valence-corrected chi connectivity index (χ0v) is 17.6. The number of non-ortho nitro benzene ring substituents is 1. The van der Waals surface area contributed by atoms with Crippen LogP contribution in [0.25, 0.3) is 0 Å². The third-order valence-corrected chi connectivity index (χ3v) is 4.45. The summed E-state index contributed by atoms with van der Waals surface area (Å²) in [5.41, 5.74) is 5.61. The monoisotopic (exact) mass is 480 g/mol. The number of benzene rings is 2. The average molecular weight is 481 g/mol. The third-order valence-electron chi connectivity index (χ3n) is 3.62. The van der Waals surface area contributed by atoms with Crippen LogP contribution in [-0.2, 0) is 11.2 Å². The number of carbonyl (C=O) groups is 2. The molecule has 2 aromatic carbocycles. The summed E-state index contributed by atoms with van der Waals surface area (Å²) in [6.45, 7) is 1.75. The van der Waals surface area contributed by atoms with Gasteiger partial charge in [0.15, 0.2) is 11.7 Å². The molecule has 0 aromatic heterocycles. The van der Waals surface area contributed by atoms with E-state index in [4.69, 9.17) is 17.0 Å².